The average molecular weight is 343 g/mol. The highest BCUT2D eigenvalue weighted by Crippen LogP contribution is 2.43. The van der Waals surface area contributed by atoms with Gasteiger partial charge in [-0.25, -0.2) is 4.39 Å². The normalized spacial score (nSPS) is 12.5. The molecule has 0 amide bonds. The van der Waals surface area contributed by atoms with Crippen LogP contribution >= 0.6 is 11.6 Å². The quantitative estimate of drug-likeness (QED) is 0.542. The molecule has 2 rings (SSSR count). The average Bonchev–Trinajstić information content (AvgIpc) is 2.35. The molecule has 22 heavy (non-hydrogen) atoms. The molecule has 0 aliphatic heterocycles. The summed E-state index contributed by atoms with van der Waals surface area (Å²) in [5.41, 5.74) is -4.44. The molecule has 0 fully saturated rings. The van der Waals surface area contributed by atoms with E-state index in [4.69, 9.17) is 11.6 Å². The van der Waals surface area contributed by atoms with Gasteiger partial charge in [0, 0.05) is 5.02 Å². The molecule has 0 unspecified atom stereocenters. The molecule has 0 nitrogen and oxygen atoms in total. The maximum Gasteiger partial charge on any atom is 0.417 e. The van der Waals surface area contributed by atoms with Crippen LogP contribution in [0.3, 0.4) is 0 Å². The van der Waals surface area contributed by atoms with Crippen molar-refractivity contribution in [3.05, 3.63) is 58.4 Å². The first-order chi connectivity index (χ1) is 10.00. The molecule has 0 aliphatic rings. The molecule has 0 aliphatic carbocycles. The highest BCUT2D eigenvalue weighted by Gasteiger charge is 2.38. The van der Waals surface area contributed by atoms with Crippen molar-refractivity contribution < 1.29 is 30.7 Å². The molecule has 0 N–H and O–H groups in total. The topological polar surface area (TPSA) is 0 Å². The van der Waals surface area contributed by atoms with Gasteiger partial charge in [-0.1, -0.05) is 11.6 Å². The van der Waals surface area contributed by atoms with Gasteiger partial charge >= 0.3 is 12.4 Å². The summed E-state index contributed by atoms with van der Waals surface area (Å²) in [5.74, 6) is -1.09. The molecule has 0 aromatic heterocycles. The number of rotatable bonds is 1. The van der Waals surface area contributed by atoms with E-state index in [1.165, 1.54) is 0 Å². The molecule has 118 valence electrons. The number of hydrogen-bond acceptors (Lipinski definition) is 0. The predicted molar refractivity (Wildman–Crippen MR) is 66.9 cm³/mol. The highest BCUT2D eigenvalue weighted by atomic mass is 35.5. The van der Waals surface area contributed by atoms with Gasteiger partial charge in [-0.05, 0) is 47.5 Å². The van der Waals surface area contributed by atoms with Gasteiger partial charge in [0.1, 0.15) is 5.82 Å². The standard InChI is InChI=1S/C14H6ClF7/c15-7-1-3-11(13(17,18)19)9(5-7)10-6-8(16)2-4-12(10)14(20,21)22/h1-6H. The summed E-state index contributed by atoms with van der Waals surface area (Å²) < 4.78 is 91.1. The summed E-state index contributed by atoms with van der Waals surface area (Å²) in [6.45, 7) is 0. The fourth-order valence-electron chi connectivity index (χ4n) is 1.97. The van der Waals surface area contributed by atoms with Gasteiger partial charge in [-0.15, -0.1) is 0 Å². The van der Waals surface area contributed by atoms with Crippen LogP contribution in [0.1, 0.15) is 11.1 Å². The van der Waals surface area contributed by atoms with E-state index >= 15 is 0 Å². The molecule has 0 heterocycles. The smallest absolute Gasteiger partial charge is 0.207 e. The van der Waals surface area contributed by atoms with Crippen molar-refractivity contribution >= 4 is 11.6 Å². The summed E-state index contributed by atoms with van der Waals surface area (Å²) in [7, 11) is 0. The van der Waals surface area contributed by atoms with E-state index in [9.17, 15) is 30.7 Å². The molecule has 0 radical (unpaired) electrons. The predicted octanol–water partition coefficient (Wildman–Crippen LogP) is 6.18. The van der Waals surface area contributed by atoms with Crippen LogP contribution in [0.4, 0.5) is 30.7 Å². The fraction of sp³-hybridized carbons (Fsp3) is 0.143. The Labute approximate surface area is 125 Å². The van der Waals surface area contributed by atoms with Gasteiger partial charge in [0.05, 0.1) is 11.1 Å². The first-order valence-corrected chi connectivity index (χ1v) is 6.12. The third kappa shape index (κ3) is 3.35. The summed E-state index contributed by atoms with van der Waals surface area (Å²) in [5, 5.41) is -0.194. The summed E-state index contributed by atoms with van der Waals surface area (Å²) in [4.78, 5) is 0. The molecule has 0 atom stereocenters. The lowest BCUT2D eigenvalue weighted by Gasteiger charge is -2.17. The number of halogens is 8. The first kappa shape index (κ1) is 16.6. The Bertz CT molecular complexity index is 640. The summed E-state index contributed by atoms with van der Waals surface area (Å²) in [6, 6.07) is 3.52. The molecule has 0 saturated carbocycles. The van der Waals surface area contributed by atoms with Crippen LogP contribution in [0.5, 0.6) is 0 Å². The van der Waals surface area contributed by atoms with Gasteiger partial charge < -0.3 is 0 Å². The second kappa shape index (κ2) is 5.46. The minimum atomic E-state index is -4.94. The third-order valence-electron chi connectivity index (χ3n) is 2.86. The van der Waals surface area contributed by atoms with E-state index in [-0.39, 0.29) is 5.02 Å². The van der Waals surface area contributed by atoms with Crippen LogP contribution in [0, 0.1) is 5.82 Å². The van der Waals surface area contributed by atoms with Crippen molar-refractivity contribution in [2.45, 2.75) is 12.4 Å². The van der Waals surface area contributed by atoms with Gasteiger partial charge in [-0.2, -0.15) is 26.3 Å². The lowest BCUT2D eigenvalue weighted by molar-refractivity contribution is -0.139. The Hall–Kier alpha value is -1.76. The van der Waals surface area contributed by atoms with Crippen LogP contribution in [0.25, 0.3) is 11.1 Å². The highest BCUT2D eigenvalue weighted by molar-refractivity contribution is 6.30. The lowest BCUT2D eigenvalue weighted by atomic mass is 9.94. The first-order valence-electron chi connectivity index (χ1n) is 5.74. The molecule has 0 saturated heterocycles. The van der Waals surface area contributed by atoms with Crippen molar-refractivity contribution in [2.24, 2.45) is 0 Å². The van der Waals surface area contributed by atoms with Crippen LogP contribution in [0.15, 0.2) is 36.4 Å². The SMILES string of the molecule is Fc1ccc(C(F)(F)F)c(-c2cc(Cl)ccc2C(F)(F)F)c1. The molecule has 0 spiro atoms. The van der Waals surface area contributed by atoms with Crippen molar-refractivity contribution in [1.82, 2.24) is 0 Å². The van der Waals surface area contributed by atoms with Gasteiger partial charge in [0.2, 0.25) is 0 Å². The van der Waals surface area contributed by atoms with E-state index in [1.54, 1.807) is 0 Å². The third-order valence-corrected chi connectivity index (χ3v) is 3.10. The van der Waals surface area contributed by atoms with Crippen molar-refractivity contribution in [2.75, 3.05) is 0 Å². The van der Waals surface area contributed by atoms with Crippen LogP contribution in [-0.2, 0) is 12.4 Å². The Morgan fingerprint density at radius 3 is 1.64 bits per heavy atom. The largest absolute Gasteiger partial charge is 0.417 e. The van der Waals surface area contributed by atoms with Crippen LogP contribution in [0.2, 0.25) is 5.02 Å². The zero-order valence-electron chi connectivity index (χ0n) is 10.5. The van der Waals surface area contributed by atoms with E-state index in [1.807, 2.05) is 0 Å². The zero-order chi connectivity index (χ0) is 16.7. The maximum atomic E-state index is 13.3. The summed E-state index contributed by atoms with van der Waals surface area (Å²) in [6.07, 6.45) is -9.84. The van der Waals surface area contributed by atoms with Crippen molar-refractivity contribution in [3.63, 3.8) is 0 Å². The summed E-state index contributed by atoms with van der Waals surface area (Å²) >= 11 is 5.58. The van der Waals surface area contributed by atoms with Crippen LogP contribution in [-0.4, -0.2) is 0 Å². The van der Waals surface area contributed by atoms with Crippen molar-refractivity contribution in [1.29, 1.82) is 0 Å². The molecular formula is C14H6ClF7. The maximum absolute atomic E-state index is 13.3. The molecule has 0 bridgehead atoms. The van der Waals surface area contributed by atoms with E-state index < -0.39 is 40.4 Å². The molecule has 2 aromatic carbocycles. The molecule has 2 aromatic rings. The fourth-order valence-corrected chi connectivity index (χ4v) is 2.15. The zero-order valence-corrected chi connectivity index (χ0v) is 11.2. The minimum Gasteiger partial charge on any atom is -0.207 e. The van der Waals surface area contributed by atoms with E-state index in [2.05, 4.69) is 0 Å². The minimum absolute atomic E-state index is 0.194. The Kier molecular flexibility index (Phi) is 4.12. The molecular weight excluding hydrogens is 337 g/mol. The lowest BCUT2D eigenvalue weighted by Crippen LogP contribution is -2.11. The number of hydrogen-bond donors (Lipinski definition) is 0. The Morgan fingerprint density at radius 1 is 0.682 bits per heavy atom. The van der Waals surface area contributed by atoms with Crippen molar-refractivity contribution in [3.8, 4) is 11.1 Å². The monoisotopic (exact) mass is 342 g/mol. The van der Waals surface area contributed by atoms with E-state index in [0.29, 0.717) is 24.3 Å². The van der Waals surface area contributed by atoms with Gasteiger partial charge in [0.15, 0.2) is 0 Å². The Balaban J connectivity index is 2.82. The second-order valence-electron chi connectivity index (χ2n) is 4.38. The Morgan fingerprint density at radius 2 is 1.14 bits per heavy atom. The second-order valence-corrected chi connectivity index (χ2v) is 4.81. The molecule has 8 heteroatoms. The number of alkyl halides is 6. The van der Waals surface area contributed by atoms with E-state index in [0.717, 1.165) is 12.1 Å². The van der Waals surface area contributed by atoms with Gasteiger partial charge in [0.25, 0.3) is 0 Å². The van der Waals surface area contributed by atoms with Gasteiger partial charge in [-0.3, -0.25) is 0 Å². The van der Waals surface area contributed by atoms with Crippen LogP contribution < -0.4 is 0 Å². The number of benzene rings is 2.